The fourth-order valence-electron chi connectivity index (χ4n) is 4.63. The van der Waals surface area contributed by atoms with Gasteiger partial charge in [-0.25, -0.2) is 4.98 Å². The Morgan fingerprint density at radius 3 is 2.50 bits per heavy atom. The molecule has 0 spiro atoms. The average molecular weight is 502 g/mol. The smallest absolute Gasteiger partial charge is 0.233 e. The minimum atomic E-state index is 0. The molecule has 0 saturated carbocycles. The van der Waals surface area contributed by atoms with Gasteiger partial charge in [-0.05, 0) is 68.0 Å². The van der Waals surface area contributed by atoms with E-state index in [0.717, 1.165) is 66.6 Å². The number of ether oxygens (including phenoxy) is 1. The van der Waals surface area contributed by atoms with Gasteiger partial charge >= 0.3 is 0 Å². The molecule has 1 amide bonds. The molecule has 0 atom stereocenters. The minimum absolute atomic E-state index is 0. The van der Waals surface area contributed by atoms with E-state index in [1.54, 1.807) is 11.3 Å². The Balaban J connectivity index is 0.00000324. The van der Waals surface area contributed by atoms with Crippen LogP contribution in [0.3, 0.4) is 0 Å². The fourth-order valence-corrected chi connectivity index (χ4v) is 5.70. The third-order valence-corrected chi connectivity index (χ3v) is 7.55. The SMILES string of the molecule is CCc1ccc2nc(N(CCCN3CCOCC3)C(=O)Cc3c(C)cc(C)cc3C)sc2c1.Cl. The van der Waals surface area contributed by atoms with Crippen molar-refractivity contribution < 1.29 is 9.53 Å². The van der Waals surface area contributed by atoms with Crippen LogP contribution in [0, 0.1) is 20.8 Å². The zero-order valence-electron chi connectivity index (χ0n) is 20.7. The third kappa shape index (κ3) is 6.36. The maximum atomic E-state index is 13.6. The highest BCUT2D eigenvalue weighted by atomic mass is 35.5. The molecule has 2 heterocycles. The van der Waals surface area contributed by atoms with E-state index in [0.29, 0.717) is 13.0 Å². The van der Waals surface area contributed by atoms with Crippen molar-refractivity contribution >= 4 is 45.0 Å². The summed E-state index contributed by atoms with van der Waals surface area (Å²) >= 11 is 1.63. The van der Waals surface area contributed by atoms with Crippen LogP contribution < -0.4 is 4.90 Å². The molecule has 4 rings (SSSR count). The lowest BCUT2D eigenvalue weighted by Crippen LogP contribution is -2.39. The molecule has 1 fully saturated rings. The Hall–Kier alpha value is -1.99. The number of aryl methyl sites for hydroxylation is 4. The molecule has 0 radical (unpaired) electrons. The summed E-state index contributed by atoms with van der Waals surface area (Å²) in [6.45, 7) is 13.7. The molecule has 1 aromatic heterocycles. The summed E-state index contributed by atoms with van der Waals surface area (Å²) in [5.74, 6) is 0.127. The number of benzene rings is 2. The molecule has 0 N–H and O–H groups in total. The van der Waals surface area contributed by atoms with Crippen LogP contribution in [0.4, 0.5) is 5.13 Å². The van der Waals surface area contributed by atoms with Gasteiger partial charge in [-0.3, -0.25) is 14.6 Å². The van der Waals surface area contributed by atoms with Crippen LogP contribution in [0.15, 0.2) is 30.3 Å². The Bertz CT molecular complexity index is 1100. The van der Waals surface area contributed by atoms with Crippen LogP contribution in [0.5, 0.6) is 0 Å². The first-order chi connectivity index (χ1) is 15.9. The van der Waals surface area contributed by atoms with Crippen LogP contribution in [0.2, 0.25) is 0 Å². The molecule has 2 aromatic carbocycles. The number of aromatic nitrogens is 1. The van der Waals surface area contributed by atoms with E-state index in [1.165, 1.54) is 22.3 Å². The molecule has 3 aromatic rings. The van der Waals surface area contributed by atoms with Crippen molar-refractivity contribution in [2.75, 3.05) is 44.3 Å². The number of hydrogen-bond acceptors (Lipinski definition) is 5. The molecule has 5 nitrogen and oxygen atoms in total. The van der Waals surface area contributed by atoms with E-state index >= 15 is 0 Å². The number of rotatable bonds is 8. The number of morpholine rings is 1. The molecule has 184 valence electrons. The molecule has 0 unspecified atom stereocenters. The molecule has 0 aliphatic carbocycles. The van der Waals surface area contributed by atoms with Gasteiger partial charge in [0, 0.05) is 26.2 Å². The van der Waals surface area contributed by atoms with E-state index < -0.39 is 0 Å². The fraction of sp³-hybridized carbons (Fsp3) is 0.481. The van der Waals surface area contributed by atoms with Crippen LogP contribution in [0.25, 0.3) is 10.2 Å². The second kappa shape index (κ2) is 12.1. The van der Waals surface area contributed by atoms with Crippen molar-refractivity contribution in [1.29, 1.82) is 0 Å². The predicted octanol–water partition coefficient (Wildman–Crippen LogP) is 5.50. The number of fused-ring (bicyclic) bond motifs is 1. The molecule has 1 saturated heterocycles. The van der Waals surface area contributed by atoms with Gasteiger partial charge in [-0.15, -0.1) is 12.4 Å². The lowest BCUT2D eigenvalue weighted by atomic mass is 9.97. The highest BCUT2D eigenvalue weighted by Gasteiger charge is 2.22. The number of anilines is 1. The first-order valence-electron chi connectivity index (χ1n) is 12.0. The number of nitrogens with zero attached hydrogens (tertiary/aromatic N) is 3. The van der Waals surface area contributed by atoms with Crippen molar-refractivity contribution in [1.82, 2.24) is 9.88 Å². The summed E-state index contributed by atoms with van der Waals surface area (Å²) in [4.78, 5) is 22.9. The molecule has 1 aliphatic rings. The summed E-state index contributed by atoms with van der Waals surface area (Å²) in [6, 6.07) is 10.8. The van der Waals surface area contributed by atoms with E-state index in [2.05, 4.69) is 62.9 Å². The van der Waals surface area contributed by atoms with Crippen molar-refractivity contribution in [3.63, 3.8) is 0 Å². The van der Waals surface area contributed by atoms with E-state index in [-0.39, 0.29) is 18.3 Å². The van der Waals surface area contributed by atoms with Crippen LogP contribution in [0.1, 0.15) is 41.2 Å². The topological polar surface area (TPSA) is 45.7 Å². The first-order valence-corrected chi connectivity index (χ1v) is 12.8. The molecule has 1 aliphatic heterocycles. The van der Waals surface area contributed by atoms with Gasteiger partial charge in [0.15, 0.2) is 5.13 Å². The van der Waals surface area contributed by atoms with Crippen LogP contribution in [-0.4, -0.2) is 55.2 Å². The van der Waals surface area contributed by atoms with Gasteiger partial charge in [-0.2, -0.15) is 0 Å². The lowest BCUT2D eigenvalue weighted by molar-refractivity contribution is -0.118. The van der Waals surface area contributed by atoms with Gasteiger partial charge in [0.25, 0.3) is 0 Å². The molecular formula is C27H36ClN3O2S. The maximum absolute atomic E-state index is 13.6. The van der Waals surface area contributed by atoms with E-state index in [1.807, 2.05) is 4.90 Å². The largest absolute Gasteiger partial charge is 0.379 e. The number of carbonyl (C=O) groups excluding carboxylic acids is 1. The summed E-state index contributed by atoms with van der Waals surface area (Å²) in [5, 5.41) is 0.813. The number of halogens is 1. The number of carbonyl (C=O) groups is 1. The van der Waals surface area contributed by atoms with Crippen molar-refractivity contribution in [2.45, 2.75) is 47.0 Å². The summed E-state index contributed by atoms with van der Waals surface area (Å²) in [5.41, 5.74) is 7.02. The molecular weight excluding hydrogens is 466 g/mol. The van der Waals surface area contributed by atoms with Gasteiger partial charge in [0.1, 0.15) is 0 Å². The Labute approximate surface area is 213 Å². The second-order valence-corrected chi connectivity index (χ2v) is 10.1. The predicted molar refractivity (Wildman–Crippen MR) is 145 cm³/mol. The van der Waals surface area contributed by atoms with Gasteiger partial charge < -0.3 is 4.74 Å². The van der Waals surface area contributed by atoms with Crippen molar-refractivity contribution in [2.24, 2.45) is 0 Å². The monoisotopic (exact) mass is 501 g/mol. The molecule has 0 bridgehead atoms. The van der Waals surface area contributed by atoms with Gasteiger partial charge in [0.2, 0.25) is 5.91 Å². The highest BCUT2D eigenvalue weighted by Crippen LogP contribution is 2.31. The van der Waals surface area contributed by atoms with Gasteiger partial charge in [0.05, 0.1) is 29.9 Å². The average Bonchev–Trinajstić information content (AvgIpc) is 3.22. The summed E-state index contributed by atoms with van der Waals surface area (Å²) in [6.07, 6.45) is 2.33. The summed E-state index contributed by atoms with van der Waals surface area (Å²) in [7, 11) is 0. The Kier molecular flexibility index (Phi) is 9.48. The third-order valence-electron chi connectivity index (χ3n) is 6.51. The molecule has 34 heavy (non-hydrogen) atoms. The summed E-state index contributed by atoms with van der Waals surface area (Å²) < 4.78 is 6.62. The zero-order valence-corrected chi connectivity index (χ0v) is 22.4. The van der Waals surface area contributed by atoms with Crippen LogP contribution >= 0.6 is 23.7 Å². The number of thiazole rings is 1. The Morgan fingerprint density at radius 2 is 1.82 bits per heavy atom. The maximum Gasteiger partial charge on any atom is 0.233 e. The number of amides is 1. The standard InChI is InChI=1S/C27H35N3O2S.ClH/c1-5-22-7-8-24-25(17-22)33-27(28-24)30(10-6-9-29-11-13-32-14-12-29)26(31)18-23-20(3)15-19(2)16-21(23)4;/h7-8,15-17H,5-6,9-14,18H2,1-4H3;1H. The van der Waals surface area contributed by atoms with Crippen molar-refractivity contribution in [3.8, 4) is 0 Å². The quantitative estimate of drug-likeness (QED) is 0.408. The first kappa shape index (κ1) is 26.6. The zero-order chi connectivity index (χ0) is 23.4. The van der Waals surface area contributed by atoms with Crippen LogP contribution in [-0.2, 0) is 22.4 Å². The highest BCUT2D eigenvalue weighted by molar-refractivity contribution is 7.22. The number of hydrogen-bond donors (Lipinski definition) is 0. The minimum Gasteiger partial charge on any atom is -0.379 e. The lowest BCUT2D eigenvalue weighted by Gasteiger charge is -2.28. The van der Waals surface area contributed by atoms with Gasteiger partial charge in [-0.1, -0.05) is 42.0 Å². The Morgan fingerprint density at radius 1 is 1.12 bits per heavy atom. The van der Waals surface area contributed by atoms with E-state index in [9.17, 15) is 4.79 Å². The van der Waals surface area contributed by atoms with E-state index in [4.69, 9.17) is 9.72 Å². The van der Waals surface area contributed by atoms with Crippen molar-refractivity contribution in [3.05, 3.63) is 58.1 Å². The second-order valence-electron chi connectivity index (χ2n) is 9.06. The normalized spacial score (nSPS) is 14.2. The molecule has 7 heteroatoms.